The van der Waals surface area contributed by atoms with E-state index in [2.05, 4.69) is 265 Å². The predicted molar refractivity (Wildman–Crippen MR) is 266 cm³/mol. The fourth-order valence-electron chi connectivity index (χ4n) is 10.2. The monoisotopic (exact) mass is 802 g/mol. The van der Waals surface area contributed by atoms with Crippen LogP contribution in [0, 0.1) is 0 Å². The molecule has 11 aromatic rings. The highest BCUT2D eigenvalue weighted by Crippen LogP contribution is 2.58. The Hall–Kier alpha value is -8.20. The average Bonchev–Trinajstić information content (AvgIpc) is 3.63. The Morgan fingerprint density at radius 2 is 0.587 bits per heavy atom. The Labute approximate surface area is 368 Å². The van der Waals surface area contributed by atoms with Crippen LogP contribution in [0.5, 0.6) is 0 Å². The molecule has 0 fully saturated rings. The number of para-hydroxylation sites is 2. The molecule has 0 aliphatic heterocycles. The van der Waals surface area contributed by atoms with Crippen molar-refractivity contribution >= 4 is 66.4 Å². The first-order valence-corrected chi connectivity index (χ1v) is 21.7. The molecule has 0 radical (unpaired) electrons. The van der Waals surface area contributed by atoms with Crippen molar-refractivity contribution in [2.45, 2.75) is 5.41 Å². The van der Waals surface area contributed by atoms with Crippen molar-refractivity contribution in [1.82, 2.24) is 0 Å². The minimum atomic E-state index is -0.601. The van der Waals surface area contributed by atoms with Gasteiger partial charge in [0.2, 0.25) is 0 Å². The number of benzene rings is 11. The quantitative estimate of drug-likeness (QED) is 0.151. The third kappa shape index (κ3) is 6.10. The van der Waals surface area contributed by atoms with Crippen LogP contribution in [0.15, 0.2) is 255 Å². The molecule has 0 saturated carbocycles. The summed E-state index contributed by atoms with van der Waals surface area (Å²) in [5, 5.41) is 7.29. The molecule has 0 heterocycles. The van der Waals surface area contributed by atoms with Crippen molar-refractivity contribution in [3.8, 4) is 11.1 Å². The van der Waals surface area contributed by atoms with E-state index in [0.717, 1.165) is 34.1 Å². The zero-order valence-corrected chi connectivity index (χ0v) is 34.6. The van der Waals surface area contributed by atoms with Gasteiger partial charge in [0.25, 0.3) is 0 Å². The number of anilines is 6. The highest BCUT2D eigenvalue weighted by molar-refractivity contribution is 6.00. The minimum Gasteiger partial charge on any atom is -0.310 e. The van der Waals surface area contributed by atoms with E-state index in [1.54, 1.807) is 0 Å². The molecule has 2 heteroatoms. The molecular formula is C61H42N2. The summed E-state index contributed by atoms with van der Waals surface area (Å²) in [6.45, 7) is 0. The van der Waals surface area contributed by atoms with Crippen molar-refractivity contribution in [1.29, 1.82) is 0 Å². The summed E-state index contributed by atoms with van der Waals surface area (Å²) in [4.78, 5) is 4.79. The van der Waals surface area contributed by atoms with Gasteiger partial charge in [-0.3, -0.25) is 0 Å². The molecule has 296 valence electrons. The van der Waals surface area contributed by atoms with E-state index in [4.69, 9.17) is 0 Å². The summed E-state index contributed by atoms with van der Waals surface area (Å²) in [5.74, 6) is 0. The molecule has 0 saturated heterocycles. The number of fused-ring (bicyclic) bond motifs is 6. The van der Waals surface area contributed by atoms with E-state index in [-0.39, 0.29) is 0 Å². The molecule has 63 heavy (non-hydrogen) atoms. The van der Waals surface area contributed by atoms with Gasteiger partial charge in [-0.15, -0.1) is 0 Å². The van der Waals surface area contributed by atoms with Crippen LogP contribution in [0.2, 0.25) is 0 Å². The van der Waals surface area contributed by atoms with Gasteiger partial charge >= 0.3 is 0 Å². The highest BCUT2D eigenvalue weighted by atomic mass is 15.1. The maximum atomic E-state index is 2.48. The standard InChI is InChI=1S/C61H42N2/c1-5-21-49(22-6-1)61(50-23-7-2-8-24-50)59-41-48-39-55(62(51-25-9-3-10-26-51)53-32-29-43-17-13-15-19-45(43)37-53)34-31-47(48)40-58(59)57-36-35-56(42-60(57)61)63(52-27-11-4-12-28-52)54-33-30-44-18-14-16-20-46(44)38-54/h1-42H. The summed E-state index contributed by atoms with van der Waals surface area (Å²) in [6.07, 6.45) is 0. The number of hydrogen-bond donors (Lipinski definition) is 0. The van der Waals surface area contributed by atoms with Gasteiger partial charge in [-0.05, 0) is 151 Å². The fraction of sp³-hybridized carbons (Fsp3) is 0.0164. The van der Waals surface area contributed by atoms with Crippen LogP contribution in [-0.4, -0.2) is 0 Å². The molecule has 2 nitrogen and oxygen atoms in total. The first-order chi connectivity index (χ1) is 31.2. The maximum absolute atomic E-state index is 2.48. The molecular weight excluding hydrogens is 761 g/mol. The predicted octanol–water partition coefficient (Wildman–Crippen LogP) is 16.4. The molecule has 0 bridgehead atoms. The Balaban J connectivity index is 1.09. The van der Waals surface area contributed by atoms with E-state index in [0.29, 0.717) is 0 Å². The second-order valence-corrected chi connectivity index (χ2v) is 16.5. The lowest BCUT2D eigenvalue weighted by Gasteiger charge is -2.35. The zero-order chi connectivity index (χ0) is 41.7. The Morgan fingerprint density at radius 1 is 0.222 bits per heavy atom. The van der Waals surface area contributed by atoms with Gasteiger partial charge in [0.1, 0.15) is 0 Å². The third-order valence-corrected chi connectivity index (χ3v) is 13.0. The minimum absolute atomic E-state index is 0.601. The number of nitrogens with zero attached hydrogens (tertiary/aromatic N) is 2. The topological polar surface area (TPSA) is 6.48 Å². The lowest BCUT2D eigenvalue weighted by molar-refractivity contribution is 0.769. The van der Waals surface area contributed by atoms with Crippen molar-refractivity contribution in [3.63, 3.8) is 0 Å². The maximum Gasteiger partial charge on any atom is 0.0714 e. The molecule has 0 amide bonds. The van der Waals surface area contributed by atoms with E-state index in [1.807, 2.05) is 0 Å². The second kappa shape index (κ2) is 15.1. The summed E-state index contributed by atoms with van der Waals surface area (Å²) < 4.78 is 0. The van der Waals surface area contributed by atoms with Crippen molar-refractivity contribution in [2.24, 2.45) is 0 Å². The Morgan fingerprint density at radius 3 is 1.10 bits per heavy atom. The first-order valence-electron chi connectivity index (χ1n) is 21.7. The van der Waals surface area contributed by atoms with Gasteiger partial charge in [0.05, 0.1) is 5.41 Å². The van der Waals surface area contributed by atoms with Crippen LogP contribution in [0.1, 0.15) is 22.3 Å². The Kier molecular flexibility index (Phi) is 8.76. The van der Waals surface area contributed by atoms with Crippen LogP contribution >= 0.6 is 0 Å². The molecule has 0 spiro atoms. The van der Waals surface area contributed by atoms with Gasteiger partial charge in [-0.25, -0.2) is 0 Å². The normalized spacial score (nSPS) is 12.6. The Bertz CT molecular complexity index is 3410. The largest absolute Gasteiger partial charge is 0.310 e. The summed E-state index contributed by atoms with van der Waals surface area (Å²) in [5.41, 5.74) is 13.6. The molecule has 1 aliphatic carbocycles. The fourth-order valence-corrected chi connectivity index (χ4v) is 10.2. The molecule has 0 aromatic heterocycles. The highest BCUT2D eigenvalue weighted by Gasteiger charge is 2.46. The number of hydrogen-bond acceptors (Lipinski definition) is 2. The van der Waals surface area contributed by atoms with E-state index < -0.39 is 5.41 Å². The number of rotatable bonds is 8. The van der Waals surface area contributed by atoms with Crippen molar-refractivity contribution in [3.05, 3.63) is 277 Å². The summed E-state index contributed by atoms with van der Waals surface area (Å²) in [6, 6.07) is 93.5. The molecule has 12 rings (SSSR count). The van der Waals surface area contributed by atoms with Gasteiger partial charge in [-0.2, -0.15) is 0 Å². The van der Waals surface area contributed by atoms with E-state index in [1.165, 1.54) is 65.7 Å². The van der Waals surface area contributed by atoms with Crippen LogP contribution in [0.25, 0.3) is 43.4 Å². The van der Waals surface area contributed by atoms with Crippen molar-refractivity contribution in [2.75, 3.05) is 9.80 Å². The van der Waals surface area contributed by atoms with Crippen LogP contribution in [-0.2, 0) is 5.41 Å². The van der Waals surface area contributed by atoms with Crippen molar-refractivity contribution < 1.29 is 0 Å². The smallest absolute Gasteiger partial charge is 0.0714 e. The second-order valence-electron chi connectivity index (χ2n) is 16.5. The molecule has 0 N–H and O–H groups in total. The van der Waals surface area contributed by atoms with Gasteiger partial charge in [0, 0.05) is 34.1 Å². The lowest BCUT2D eigenvalue weighted by Crippen LogP contribution is -2.28. The third-order valence-electron chi connectivity index (χ3n) is 13.0. The average molecular weight is 803 g/mol. The van der Waals surface area contributed by atoms with Crippen LogP contribution in [0.3, 0.4) is 0 Å². The summed E-state index contributed by atoms with van der Waals surface area (Å²) in [7, 11) is 0. The SMILES string of the molecule is c1ccc(N(c2ccc3c(c2)C(c2ccccc2)(c2ccccc2)c2cc4cc(N(c5ccccc5)c5ccc6ccccc6c5)ccc4cc2-3)c2ccc3ccccc3c2)cc1. The lowest BCUT2D eigenvalue weighted by atomic mass is 9.67. The van der Waals surface area contributed by atoms with E-state index >= 15 is 0 Å². The van der Waals surface area contributed by atoms with Gasteiger partial charge in [-0.1, -0.05) is 170 Å². The first kappa shape index (κ1) is 36.6. The summed E-state index contributed by atoms with van der Waals surface area (Å²) >= 11 is 0. The molecule has 1 aliphatic rings. The van der Waals surface area contributed by atoms with Crippen LogP contribution in [0.4, 0.5) is 34.1 Å². The molecule has 11 aromatic carbocycles. The van der Waals surface area contributed by atoms with Crippen LogP contribution < -0.4 is 9.80 Å². The van der Waals surface area contributed by atoms with Gasteiger partial charge in [0.15, 0.2) is 0 Å². The molecule has 0 atom stereocenters. The zero-order valence-electron chi connectivity index (χ0n) is 34.6. The van der Waals surface area contributed by atoms with E-state index in [9.17, 15) is 0 Å². The molecule has 0 unspecified atom stereocenters. The van der Waals surface area contributed by atoms with Gasteiger partial charge < -0.3 is 9.80 Å².